The first kappa shape index (κ1) is 22.1. The van der Waals surface area contributed by atoms with Crippen LogP contribution >= 0.6 is 22.9 Å². The van der Waals surface area contributed by atoms with Gasteiger partial charge in [-0.3, -0.25) is 14.5 Å². The van der Waals surface area contributed by atoms with Gasteiger partial charge < -0.3 is 4.90 Å². The minimum atomic E-state index is -0.166. The molecule has 1 amide bonds. The number of rotatable bonds is 7. The summed E-state index contributed by atoms with van der Waals surface area (Å²) in [6.45, 7) is 1.16. The van der Waals surface area contributed by atoms with Gasteiger partial charge in [-0.05, 0) is 38.4 Å². The molecule has 0 aliphatic rings. The Balaban J connectivity index is 1.63. The molecular formula is C25H22ClN3O2S. The lowest BCUT2D eigenvalue weighted by Crippen LogP contribution is -2.36. The summed E-state index contributed by atoms with van der Waals surface area (Å²) in [6.07, 6.45) is 0. The number of hydrogen-bond acceptors (Lipinski definition) is 5. The number of benzene rings is 3. The molecule has 3 aromatic carbocycles. The quantitative estimate of drug-likeness (QED) is 0.345. The maximum absolute atomic E-state index is 13.4. The molecule has 7 heteroatoms. The van der Waals surface area contributed by atoms with E-state index in [9.17, 15) is 9.59 Å². The van der Waals surface area contributed by atoms with E-state index in [1.54, 1.807) is 47.4 Å². The van der Waals surface area contributed by atoms with Crippen LogP contribution in [-0.4, -0.2) is 48.8 Å². The maximum atomic E-state index is 13.4. The fourth-order valence-electron chi connectivity index (χ4n) is 3.28. The summed E-state index contributed by atoms with van der Waals surface area (Å²) in [4.78, 5) is 34.4. The molecule has 0 fully saturated rings. The zero-order valence-corrected chi connectivity index (χ0v) is 19.4. The Morgan fingerprint density at radius 1 is 0.844 bits per heavy atom. The van der Waals surface area contributed by atoms with E-state index in [1.807, 2.05) is 49.3 Å². The topological polar surface area (TPSA) is 53.5 Å². The second-order valence-corrected chi connectivity index (χ2v) is 9.03. The Bertz CT molecular complexity index is 1250. The molecule has 5 nitrogen and oxygen atoms in total. The Hall–Kier alpha value is -3.06. The van der Waals surface area contributed by atoms with Crippen LogP contribution in [-0.2, 0) is 0 Å². The van der Waals surface area contributed by atoms with Crippen molar-refractivity contribution in [3.8, 4) is 0 Å². The average Bonchev–Trinajstić information content (AvgIpc) is 3.24. The van der Waals surface area contributed by atoms with Gasteiger partial charge in [0.15, 0.2) is 10.9 Å². The van der Waals surface area contributed by atoms with E-state index in [4.69, 9.17) is 11.6 Å². The third-order valence-electron chi connectivity index (χ3n) is 5.04. The van der Waals surface area contributed by atoms with Gasteiger partial charge in [0.25, 0.3) is 5.91 Å². The normalized spacial score (nSPS) is 11.1. The molecule has 4 rings (SSSR count). The second-order valence-electron chi connectivity index (χ2n) is 7.62. The number of para-hydroxylation sites is 1. The number of likely N-dealkylation sites (N-methyl/N-ethyl adjacent to an activating group) is 1. The van der Waals surface area contributed by atoms with E-state index >= 15 is 0 Å². The summed E-state index contributed by atoms with van der Waals surface area (Å²) in [6, 6.07) is 21.5. The number of carbonyl (C=O) groups is 2. The van der Waals surface area contributed by atoms with Gasteiger partial charge in [-0.25, -0.2) is 4.98 Å². The van der Waals surface area contributed by atoms with Crippen LogP contribution in [0.2, 0.25) is 5.02 Å². The number of nitrogens with zero attached hydrogens (tertiary/aromatic N) is 3. The van der Waals surface area contributed by atoms with Crippen molar-refractivity contribution < 1.29 is 9.59 Å². The molecule has 0 saturated heterocycles. The molecule has 0 spiro atoms. The zero-order valence-electron chi connectivity index (χ0n) is 17.8. The SMILES string of the molecule is CN(C)CCN(C(=O)c1ccc(C(=O)c2ccccc2)cc1)c1nc2c(Cl)cccc2s1. The predicted molar refractivity (Wildman–Crippen MR) is 131 cm³/mol. The van der Waals surface area contributed by atoms with Gasteiger partial charge in [0.05, 0.1) is 9.72 Å². The van der Waals surface area contributed by atoms with Crippen LogP contribution in [0.3, 0.4) is 0 Å². The number of aromatic nitrogens is 1. The van der Waals surface area contributed by atoms with Crippen molar-refractivity contribution in [3.05, 3.63) is 94.5 Å². The monoisotopic (exact) mass is 463 g/mol. The molecule has 0 bridgehead atoms. The van der Waals surface area contributed by atoms with Crippen LogP contribution in [0.15, 0.2) is 72.8 Å². The van der Waals surface area contributed by atoms with Gasteiger partial charge in [-0.15, -0.1) is 0 Å². The Labute approximate surface area is 195 Å². The Morgan fingerprint density at radius 3 is 2.16 bits per heavy atom. The number of hydrogen-bond donors (Lipinski definition) is 0. The molecule has 4 aromatic rings. The van der Waals surface area contributed by atoms with Crippen molar-refractivity contribution in [2.75, 3.05) is 32.1 Å². The van der Waals surface area contributed by atoms with Crippen LogP contribution in [0.1, 0.15) is 26.3 Å². The highest BCUT2D eigenvalue weighted by Gasteiger charge is 2.22. The van der Waals surface area contributed by atoms with Crippen LogP contribution in [0, 0.1) is 0 Å². The van der Waals surface area contributed by atoms with E-state index in [2.05, 4.69) is 4.98 Å². The van der Waals surface area contributed by atoms with Crippen molar-refractivity contribution in [3.63, 3.8) is 0 Å². The second kappa shape index (κ2) is 9.61. The fourth-order valence-corrected chi connectivity index (χ4v) is 4.57. The van der Waals surface area contributed by atoms with E-state index in [1.165, 1.54) is 11.3 Å². The summed E-state index contributed by atoms with van der Waals surface area (Å²) in [5, 5.41) is 1.16. The van der Waals surface area contributed by atoms with Gasteiger partial charge in [-0.1, -0.05) is 71.5 Å². The summed E-state index contributed by atoms with van der Waals surface area (Å²) in [5.41, 5.74) is 2.35. The lowest BCUT2D eigenvalue weighted by atomic mass is 10.0. The summed E-state index contributed by atoms with van der Waals surface area (Å²) in [7, 11) is 3.92. The van der Waals surface area contributed by atoms with E-state index in [-0.39, 0.29) is 11.7 Å². The highest BCUT2D eigenvalue weighted by atomic mass is 35.5. The lowest BCUT2D eigenvalue weighted by Gasteiger charge is -2.22. The van der Waals surface area contributed by atoms with Crippen molar-refractivity contribution in [1.29, 1.82) is 0 Å². The van der Waals surface area contributed by atoms with Crippen LogP contribution < -0.4 is 4.90 Å². The fraction of sp³-hybridized carbons (Fsp3) is 0.160. The van der Waals surface area contributed by atoms with Crippen LogP contribution in [0.25, 0.3) is 10.2 Å². The number of thiazole rings is 1. The number of amides is 1. The number of ketones is 1. The molecule has 0 radical (unpaired) electrons. The van der Waals surface area contributed by atoms with Gasteiger partial charge in [0, 0.05) is 29.8 Å². The number of halogens is 1. The van der Waals surface area contributed by atoms with Gasteiger partial charge in [0.2, 0.25) is 0 Å². The minimum Gasteiger partial charge on any atom is -0.308 e. The molecule has 0 unspecified atom stereocenters. The van der Waals surface area contributed by atoms with E-state index in [0.29, 0.717) is 45.5 Å². The molecule has 1 heterocycles. The van der Waals surface area contributed by atoms with Crippen LogP contribution in [0.5, 0.6) is 0 Å². The molecule has 0 atom stereocenters. The minimum absolute atomic E-state index is 0.0742. The first-order valence-electron chi connectivity index (χ1n) is 10.2. The lowest BCUT2D eigenvalue weighted by molar-refractivity contribution is 0.0982. The van der Waals surface area contributed by atoms with Crippen molar-refractivity contribution >= 4 is 50.0 Å². The molecule has 0 saturated carbocycles. The highest BCUT2D eigenvalue weighted by molar-refractivity contribution is 7.22. The molecule has 0 aliphatic carbocycles. The third-order valence-corrected chi connectivity index (χ3v) is 6.38. The molecular weight excluding hydrogens is 442 g/mol. The van der Waals surface area contributed by atoms with Gasteiger partial charge in [0.1, 0.15) is 5.52 Å². The first-order valence-corrected chi connectivity index (χ1v) is 11.3. The van der Waals surface area contributed by atoms with Crippen molar-refractivity contribution in [2.24, 2.45) is 0 Å². The van der Waals surface area contributed by atoms with Crippen molar-refractivity contribution in [2.45, 2.75) is 0 Å². The Morgan fingerprint density at radius 2 is 1.50 bits per heavy atom. The zero-order chi connectivity index (χ0) is 22.7. The molecule has 32 heavy (non-hydrogen) atoms. The molecule has 162 valence electrons. The Kier molecular flexibility index (Phi) is 6.65. The number of fused-ring (bicyclic) bond motifs is 1. The largest absolute Gasteiger partial charge is 0.308 e. The third kappa shape index (κ3) is 4.72. The standard InChI is InChI=1S/C25H22ClN3O2S/c1-28(2)15-16-29(25-27-22-20(26)9-6-10-21(22)32-25)24(31)19-13-11-18(12-14-19)23(30)17-7-4-3-5-8-17/h3-14H,15-16H2,1-2H3. The average molecular weight is 464 g/mol. The van der Waals surface area contributed by atoms with E-state index < -0.39 is 0 Å². The highest BCUT2D eigenvalue weighted by Crippen LogP contribution is 2.33. The predicted octanol–water partition coefficient (Wildman–Crippen LogP) is 5.39. The molecule has 0 N–H and O–H groups in total. The van der Waals surface area contributed by atoms with Gasteiger partial charge in [-0.2, -0.15) is 0 Å². The summed E-state index contributed by atoms with van der Waals surface area (Å²) in [5.74, 6) is -0.240. The van der Waals surface area contributed by atoms with Gasteiger partial charge >= 0.3 is 0 Å². The number of anilines is 1. The molecule has 1 aromatic heterocycles. The first-order chi connectivity index (χ1) is 15.4. The van der Waals surface area contributed by atoms with Crippen molar-refractivity contribution in [1.82, 2.24) is 9.88 Å². The summed E-state index contributed by atoms with van der Waals surface area (Å²) >= 11 is 7.73. The molecule has 0 aliphatic heterocycles. The van der Waals surface area contributed by atoms with E-state index in [0.717, 1.165) is 4.70 Å². The number of carbonyl (C=O) groups excluding carboxylic acids is 2. The maximum Gasteiger partial charge on any atom is 0.260 e. The summed E-state index contributed by atoms with van der Waals surface area (Å²) < 4.78 is 0.930. The smallest absolute Gasteiger partial charge is 0.260 e. The van der Waals surface area contributed by atoms with Crippen LogP contribution in [0.4, 0.5) is 5.13 Å².